The van der Waals surface area contributed by atoms with Gasteiger partial charge in [-0.1, -0.05) is 11.3 Å². The van der Waals surface area contributed by atoms with Crippen molar-refractivity contribution in [3.63, 3.8) is 0 Å². The van der Waals surface area contributed by atoms with Crippen molar-refractivity contribution in [1.29, 1.82) is 0 Å². The van der Waals surface area contributed by atoms with E-state index in [2.05, 4.69) is 14.5 Å². The molecule has 0 fully saturated rings. The fraction of sp³-hybridized carbons (Fsp3) is 0.133. The summed E-state index contributed by atoms with van der Waals surface area (Å²) in [4.78, 5) is 8.52. The number of rotatable bonds is 0. The van der Waals surface area contributed by atoms with Gasteiger partial charge >= 0.3 is 5.65 Å². The Labute approximate surface area is 123 Å². The predicted molar refractivity (Wildman–Crippen MR) is 78.6 cm³/mol. The lowest BCUT2D eigenvalue weighted by atomic mass is 10.2. The summed E-state index contributed by atoms with van der Waals surface area (Å²) < 4.78 is 28.3. The molecule has 20 heavy (non-hydrogen) atoms. The number of hydrogen-bond acceptors (Lipinski definition) is 3. The Morgan fingerprint density at radius 2 is 2.40 bits per heavy atom. The molecule has 0 saturated heterocycles. The molecule has 5 heteroatoms. The van der Waals surface area contributed by atoms with E-state index in [1.54, 1.807) is 23.7 Å². The highest BCUT2D eigenvalue weighted by Gasteiger charge is 2.32. The van der Waals surface area contributed by atoms with Gasteiger partial charge in [-0.15, -0.1) is 0 Å². The van der Waals surface area contributed by atoms with Crippen LogP contribution >= 0.6 is 11.3 Å². The van der Waals surface area contributed by atoms with Gasteiger partial charge in [0.25, 0.3) is 0 Å². The minimum atomic E-state index is -2.27. The van der Waals surface area contributed by atoms with E-state index in [1.807, 2.05) is 24.4 Å². The molecule has 1 aliphatic rings. The topological polar surface area (TPSA) is 34.6 Å². The molecule has 0 N–H and O–H groups in total. The van der Waals surface area contributed by atoms with Crippen LogP contribution in [0.5, 0.6) is 0 Å². The lowest BCUT2D eigenvalue weighted by Gasteiger charge is -1.92. The summed E-state index contributed by atoms with van der Waals surface area (Å²) in [5.74, 6) is 0. The standard InChI is InChI=1S/C15H11N4S/c1-18-13-10(3-2-5-17-13)12-14(18)19-8-9-4-6-16-7-11(9)15(19)20-12/h2-7H,8H2,1H3/q+1/i1D3. The normalized spacial score (nSPS) is 15.9. The number of fused-ring (bicyclic) bond motifs is 7. The van der Waals surface area contributed by atoms with Gasteiger partial charge in [0, 0.05) is 24.2 Å². The zero-order valence-electron chi connectivity index (χ0n) is 13.4. The molecule has 0 aromatic carbocycles. The average molecular weight is 282 g/mol. The maximum atomic E-state index is 7.95. The highest BCUT2D eigenvalue weighted by molar-refractivity contribution is 7.22. The van der Waals surface area contributed by atoms with E-state index in [9.17, 15) is 0 Å². The van der Waals surface area contributed by atoms with Crippen molar-refractivity contribution < 1.29 is 8.68 Å². The quantitative estimate of drug-likeness (QED) is 0.409. The van der Waals surface area contributed by atoms with E-state index in [0.29, 0.717) is 12.2 Å². The summed E-state index contributed by atoms with van der Waals surface area (Å²) in [6.07, 6.45) is 5.26. The molecule has 96 valence electrons. The third-order valence-electron chi connectivity index (χ3n) is 3.83. The van der Waals surface area contributed by atoms with Crippen LogP contribution in [-0.4, -0.2) is 14.5 Å². The van der Waals surface area contributed by atoms with E-state index >= 15 is 0 Å². The predicted octanol–water partition coefficient (Wildman–Crippen LogP) is 2.50. The second-order valence-electron chi connectivity index (χ2n) is 4.89. The van der Waals surface area contributed by atoms with Crippen LogP contribution in [0.2, 0.25) is 0 Å². The van der Waals surface area contributed by atoms with Crippen molar-refractivity contribution in [3.05, 3.63) is 42.4 Å². The van der Waals surface area contributed by atoms with E-state index in [4.69, 9.17) is 4.11 Å². The van der Waals surface area contributed by atoms with Crippen LogP contribution in [0, 0.1) is 0 Å². The SMILES string of the molecule is [2H]C([2H])([2H])n1c2ncccc2c2sc3[n+](c21)Cc1ccncc1-3. The maximum Gasteiger partial charge on any atom is 0.302 e. The number of hydrogen-bond donors (Lipinski definition) is 0. The molecular weight excluding hydrogens is 268 g/mol. The van der Waals surface area contributed by atoms with Gasteiger partial charge in [0.15, 0.2) is 5.01 Å². The van der Waals surface area contributed by atoms with Crippen molar-refractivity contribution in [2.45, 2.75) is 6.54 Å². The van der Waals surface area contributed by atoms with Crippen molar-refractivity contribution in [1.82, 2.24) is 14.5 Å². The molecule has 4 nitrogen and oxygen atoms in total. The first-order valence-corrected chi connectivity index (χ1v) is 7.13. The van der Waals surface area contributed by atoms with E-state index in [0.717, 1.165) is 26.3 Å². The molecule has 0 amide bonds. The second kappa shape index (κ2) is 3.43. The number of aryl methyl sites for hydroxylation is 1. The molecule has 0 bridgehead atoms. The van der Waals surface area contributed by atoms with Crippen LogP contribution in [0.25, 0.3) is 32.0 Å². The zero-order valence-corrected chi connectivity index (χ0v) is 11.2. The smallest absolute Gasteiger partial charge is 0.264 e. The van der Waals surface area contributed by atoms with Gasteiger partial charge in [-0.05, 0) is 18.2 Å². The van der Waals surface area contributed by atoms with Crippen LogP contribution in [0.15, 0.2) is 36.8 Å². The average Bonchev–Trinajstić information content (AvgIpc) is 3.13. The van der Waals surface area contributed by atoms with Gasteiger partial charge in [-0.3, -0.25) is 4.98 Å². The van der Waals surface area contributed by atoms with Crippen LogP contribution < -0.4 is 4.57 Å². The van der Waals surface area contributed by atoms with Gasteiger partial charge in [-0.25, -0.2) is 14.1 Å². The first-order chi connectivity index (χ1) is 11.1. The van der Waals surface area contributed by atoms with Crippen molar-refractivity contribution in [3.8, 4) is 10.6 Å². The summed E-state index contributed by atoms with van der Waals surface area (Å²) in [7, 11) is 0. The van der Waals surface area contributed by atoms with E-state index in [1.165, 1.54) is 10.1 Å². The molecule has 0 radical (unpaired) electrons. The Balaban J connectivity index is 1.97. The van der Waals surface area contributed by atoms with E-state index in [-0.39, 0.29) is 0 Å². The maximum absolute atomic E-state index is 7.95. The van der Waals surface area contributed by atoms with Gasteiger partial charge in [-0.2, -0.15) is 0 Å². The molecule has 4 aromatic rings. The lowest BCUT2D eigenvalue weighted by Crippen LogP contribution is -2.32. The zero-order chi connectivity index (χ0) is 15.8. The number of nitrogens with zero attached hydrogens (tertiary/aromatic N) is 4. The van der Waals surface area contributed by atoms with Gasteiger partial charge in [0.05, 0.1) is 22.0 Å². The summed E-state index contributed by atoms with van der Waals surface area (Å²) in [5.41, 5.74) is 3.49. The van der Waals surface area contributed by atoms with Crippen LogP contribution in [0.4, 0.5) is 0 Å². The molecule has 0 atom stereocenters. The minimum absolute atomic E-state index is 0.512. The summed E-state index contributed by atoms with van der Waals surface area (Å²) >= 11 is 1.61. The first-order valence-electron chi connectivity index (χ1n) is 7.81. The van der Waals surface area contributed by atoms with Crippen molar-refractivity contribution in [2.75, 3.05) is 0 Å². The highest BCUT2D eigenvalue weighted by atomic mass is 32.1. The molecule has 0 spiro atoms. The number of pyridine rings is 2. The van der Waals surface area contributed by atoms with Crippen LogP contribution in [0.3, 0.4) is 0 Å². The summed E-state index contributed by atoms with van der Waals surface area (Å²) in [5, 5.41) is 1.94. The molecule has 5 heterocycles. The van der Waals surface area contributed by atoms with Gasteiger partial charge in [0.1, 0.15) is 11.2 Å². The molecular formula is C15H11N4S+. The Bertz CT molecular complexity index is 1090. The summed E-state index contributed by atoms with van der Waals surface area (Å²) in [6, 6.07) is 5.77. The van der Waals surface area contributed by atoms with Crippen LogP contribution in [-0.2, 0) is 13.5 Å². The second-order valence-corrected chi connectivity index (χ2v) is 5.89. The third kappa shape index (κ3) is 1.10. The number of aromatic nitrogens is 4. The van der Waals surface area contributed by atoms with Gasteiger partial charge < -0.3 is 0 Å². The van der Waals surface area contributed by atoms with Gasteiger partial charge in [0.2, 0.25) is 5.65 Å². The highest BCUT2D eigenvalue weighted by Crippen LogP contribution is 2.38. The Hall–Kier alpha value is -2.27. The molecule has 0 saturated carbocycles. The van der Waals surface area contributed by atoms with Crippen molar-refractivity contribution >= 4 is 32.7 Å². The fourth-order valence-corrected chi connectivity index (χ4v) is 4.25. The minimum Gasteiger partial charge on any atom is -0.264 e. The van der Waals surface area contributed by atoms with Crippen LogP contribution in [0.1, 0.15) is 9.68 Å². The molecule has 1 aliphatic heterocycles. The lowest BCUT2D eigenvalue weighted by molar-refractivity contribution is -0.644. The van der Waals surface area contributed by atoms with E-state index < -0.39 is 6.98 Å². The first kappa shape index (κ1) is 8.11. The summed E-state index contributed by atoms with van der Waals surface area (Å²) in [6.45, 7) is -1.61. The number of thiazole rings is 1. The fourth-order valence-electron chi connectivity index (χ4n) is 2.94. The molecule has 5 rings (SSSR count). The van der Waals surface area contributed by atoms with Crippen molar-refractivity contribution in [2.24, 2.45) is 6.98 Å². The molecule has 0 unspecified atom stereocenters. The Morgan fingerprint density at radius 1 is 1.40 bits per heavy atom. The Morgan fingerprint density at radius 3 is 3.35 bits per heavy atom. The Kier molecular flexibility index (Phi) is 1.39. The third-order valence-corrected chi connectivity index (χ3v) is 5.07. The monoisotopic (exact) mass is 282 g/mol. The largest absolute Gasteiger partial charge is 0.302 e. The molecule has 0 aliphatic carbocycles. The molecule has 4 aromatic heterocycles.